The van der Waals surface area contributed by atoms with Gasteiger partial charge in [-0.25, -0.2) is 0 Å². The van der Waals surface area contributed by atoms with E-state index < -0.39 is 0 Å². The average molecular weight is 229 g/mol. The Morgan fingerprint density at radius 1 is 1.29 bits per heavy atom. The first-order chi connectivity index (χ1) is 8.28. The minimum atomic E-state index is 0.504. The summed E-state index contributed by atoms with van der Waals surface area (Å²) in [6, 6.07) is 7.97. The lowest BCUT2D eigenvalue weighted by Gasteiger charge is -1.99. The fraction of sp³-hybridized carbons (Fsp3) is 0.385. The summed E-state index contributed by atoms with van der Waals surface area (Å²) in [6.07, 6.45) is 1.18. The Bertz CT molecular complexity index is 518. The van der Waals surface area contributed by atoms with Crippen LogP contribution in [0.25, 0.3) is 11.5 Å². The average Bonchev–Trinajstić information content (AvgIpc) is 2.92. The topological polar surface area (TPSA) is 51.0 Å². The van der Waals surface area contributed by atoms with E-state index in [1.807, 2.05) is 31.3 Å². The summed E-state index contributed by atoms with van der Waals surface area (Å²) in [4.78, 5) is 4.45. The Morgan fingerprint density at radius 2 is 2.00 bits per heavy atom. The van der Waals surface area contributed by atoms with E-state index in [1.54, 1.807) is 0 Å². The van der Waals surface area contributed by atoms with Crippen LogP contribution in [0, 0.1) is 5.92 Å². The molecule has 4 heteroatoms. The zero-order valence-electron chi connectivity index (χ0n) is 9.97. The van der Waals surface area contributed by atoms with Crippen LogP contribution < -0.4 is 5.32 Å². The largest absolute Gasteiger partial charge is 0.388 e. The molecule has 1 heterocycles. The highest BCUT2D eigenvalue weighted by molar-refractivity contribution is 5.58. The summed E-state index contributed by atoms with van der Waals surface area (Å²) in [5.74, 6) is 2.67. The Kier molecular flexibility index (Phi) is 2.35. The molecule has 1 aliphatic carbocycles. The molecule has 88 valence electrons. The Labute approximate surface area is 100 Å². The van der Waals surface area contributed by atoms with Crippen molar-refractivity contribution in [2.45, 2.75) is 19.3 Å². The molecule has 1 aromatic heterocycles. The highest BCUT2D eigenvalue weighted by Gasteiger charge is 2.38. The van der Waals surface area contributed by atoms with Crippen molar-refractivity contribution in [1.29, 1.82) is 0 Å². The van der Waals surface area contributed by atoms with Gasteiger partial charge in [0.2, 0.25) is 0 Å². The van der Waals surface area contributed by atoms with E-state index >= 15 is 0 Å². The molecule has 1 aromatic carbocycles. The molecule has 17 heavy (non-hydrogen) atoms. The molecule has 4 nitrogen and oxygen atoms in total. The minimum Gasteiger partial charge on any atom is -0.388 e. The van der Waals surface area contributed by atoms with Gasteiger partial charge in [-0.15, -0.1) is 0 Å². The summed E-state index contributed by atoms with van der Waals surface area (Å²) in [5.41, 5.74) is 2.04. The molecule has 1 saturated carbocycles. The number of nitrogens with zero attached hydrogens (tertiary/aromatic N) is 2. The van der Waals surface area contributed by atoms with Crippen LogP contribution >= 0.6 is 0 Å². The van der Waals surface area contributed by atoms with Crippen LogP contribution in [0.1, 0.15) is 25.1 Å². The highest BCUT2D eigenvalue weighted by Crippen LogP contribution is 2.45. The number of rotatable bonds is 3. The van der Waals surface area contributed by atoms with Crippen LogP contribution in [0.2, 0.25) is 0 Å². The first-order valence-electron chi connectivity index (χ1n) is 5.89. The summed E-state index contributed by atoms with van der Waals surface area (Å²) in [5, 5.41) is 7.12. The second-order valence-electron chi connectivity index (χ2n) is 4.60. The number of benzene rings is 1. The maximum Gasteiger partial charge on any atom is 0.257 e. The van der Waals surface area contributed by atoms with E-state index in [2.05, 4.69) is 22.4 Å². The first-order valence-corrected chi connectivity index (χ1v) is 5.89. The molecule has 0 amide bonds. The van der Waals surface area contributed by atoms with Gasteiger partial charge in [-0.2, -0.15) is 4.98 Å². The van der Waals surface area contributed by atoms with Crippen molar-refractivity contribution in [2.75, 3.05) is 12.4 Å². The molecule has 0 saturated heterocycles. The van der Waals surface area contributed by atoms with Crippen molar-refractivity contribution in [3.05, 3.63) is 30.1 Å². The lowest BCUT2D eigenvalue weighted by Crippen LogP contribution is -1.87. The van der Waals surface area contributed by atoms with Crippen LogP contribution in [0.3, 0.4) is 0 Å². The predicted octanol–water partition coefficient (Wildman–Crippen LogP) is 2.90. The van der Waals surface area contributed by atoms with Crippen molar-refractivity contribution in [2.24, 2.45) is 5.92 Å². The number of hydrogen-bond donors (Lipinski definition) is 1. The van der Waals surface area contributed by atoms with Gasteiger partial charge in [0.05, 0.1) is 0 Å². The molecule has 2 atom stereocenters. The van der Waals surface area contributed by atoms with E-state index in [9.17, 15) is 0 Å². The maximum atomic E-state index is 5.29. The third-order valence-corrected chi connectivity index (χ3v) is 3.30. The summed E-state index contributed by atoms with van der Waals surface area (Å²) in [6.45, 7) is 2.21. The fourth-order valence-corrected chi connectivity index (χ4v) is 1.96. The van der Waals surface area contributed by atoms with Crippen LogP contribution in [0.15, 0.2) is 28.8 Å². The molecular formula is C13H15N3O. The molecule has 0 radical (unpaired) electrons. The predicted molar refractivity (Wildman–Crippen MR) is 65.8 cm³/mol. The first kappa shape index (κ1) is 10.3. The van der Waals surface area contributed by atoms with Crippen LogP contribution in [-0.2, 0) is 0 Å². The van der Waals surface area contributed by atoms with Crippen LogP contribution in [0.5, 0.6) is 0 Å². The van der Waals surface area contributed by atoms with Gasteiger partial charge >= 0.3 is 0 Å². The number of hydrogen-bond acceptors (Lipinski definition) is 4. The van der Waals surface area contributed by atoms with Crippen LogP contribution in [0.4, 0.5) is 5.69 Å². The Morgan fingerprint density at radius 3 is 2.59 bits per heavy atom. The van der Waals surface area contributed by atoms with Crippen molar-refractivity contribution < 1.29 is 4.52 Å². The molecule has 2 aromatic rings. The molecule has 2 unspecified atom stereocenters. The standard InChI is InChI=1S/C13H15N3O/c1-8-7-11(8)12-15-13(17-16-12)9-3-5-10(14-2)6-4-9/h3-6,8,11,14H,7H2,1-2H3. The molecule has 1 N–H and O–H groups in total. The van der Waals surface area contributed by atoms with Gasteiger partial charge in [-0.3, -0.25) is 0 Å². The van der Waals surface area contributed by atoms with Crippen molar-refractivity contribution >= 4 is 5.69 Å². The van der Waals surface area contributed by atoms with Crippen LogP contribution in [-0.4, -0.2) is 17.2 Å². The number of anilines is 1. The summed E-state index contributed by atoms with van der Waals surface area (Å²) in [7, 11) is 1.90. The maximum absolute atomic E-state index is 5.29. The monoisotopic (exact) mass is 229 g/mol. The van der Waals surface area contributed by atoms with E-state index in [-0.39, 0.29) is 0 Å². The van der Waals surface area contributed by atoms with E-state index in [4.69, 9.17) is 4.52 Å². The second-order valence-corrected chi connectivity index (χ2v) is 4.60. The van der Waals surface area contributed by atoms with Gasteiger partial charge in [-0.1, -0.05) is 12.1 Å². The molecular weight excluding hydrogens is 214 g/mol. The molecule has 3 rings (SSSR count). The normalized spacial score (nSPS) is 22.5. The SMILES string of the molecule is CNc1ccc(-c2nc(C3CC3C)no2)cc1. The van der Waals surface area contributed by atoms with Gasteiger partial charge in [0.1, 0.15) is 0 Å². The van der Waals surface area contributed by atoms with Gasteiger partial charge in [-0.05, 0) is 36.6 Å². The van der Waals surface area contributed by atoms with E-state index in [1.165, 1.54) is 6.42 Å². The smallest absolute Gasteiger partial charge is 0.257 e. The quantitative estimate of drug-likeness (QED) is 0.879. The van der Waals surface area contributed by atoms with Gasteiger partial charge in [0, 0.05) is 24.2 Å². The zero-order valence-corrected chi connectivity index (χ0v) is 9.97. The molecule has 0 aliphatic heterocycles. The summed E-state index contributed by atoms with van der Waals surface area (Å²) < 4.78 is 5.29. The number of aromatic nitrogens is 2. The third-order valence-electron chi connectivity index (χ3n) is 3.30. The lowest BCUT2D eigenvalue weighted by atomic mass is 10.2. The van der Waals surface area contributed by atoms with Crippen molar-refractivity contribution in [3.8, 4) is 11.5 Å². The lowest BCUT2D eigenvalue weighted by molar-refractivity contribution is 0.422. The van der Waals surface area contributed by atoms with Gasteiger partial charge in [0.25, 0.3) is 5.89 Å². The Balaban J connectivity index is 1.85. The van der Waals surface area contributed by atoms with Crippen molar-refractivity contribution in [1.82, 2.24) is 10.1 Å². The van der Waals surface area contributed by atoms with E-state index in [0.717, 1.165) is 17.1 Å². The molecule has 0 bridgehead atoms. The third kappa shape index (κ3) is 1.90. The molecule has 1 aliphatic rings. The molecule has 0 spiro atoms. The van der Waals surface area contributed by atoms with Crippen molar-refractivity contribution in [3.63, 3.8) is 0 Å². The Hall–Kier alpha value is -1.84. The van der Waals surface area contributed by atoms with E-state index in [0.29, 0.717) is 17.7 Å². The van der Waals surface area contributed by atoms with Gasteiger partial charge < -0.3 is 9.84 Å². The number of nitrogens with one attached hydrogen (secondary N) is 1. The fourth-order valence-electron chi connectivity index (χ4n) is 1.96. The molecule has 1 fully saturated rings. The second kappa shape index (κ2) is 3.87. The minimum absolute atomic E-state index is 0.504. The highest BCUT2D eigenvalue weighted by atomic mass is 16.5. The van der Waals surface area contributed by atoms with Gasteiger partial charge in [0.15, 0.2) is 5.82 Å². The zero-order chi connectivity index (χ0) is 11.8. The summed E-state index contributed by atoms with van der Waals surface area (Å²) >= 11 is 0.